The third-order valence-corrected chi connectivity index (χ3v) is 8.30. The van der Waals surface area contributed by atoms with Gasteiger partial charge in [-0.2, -0.15) is 0 Å². The molecule has 1 unspecified atom stereocenters. The van der Waals surface area contributed by atoms with Crippen LogP contribution in [0.1, 0.15) is 175 Å². The number of hydrogen-bond acceptors (Lipinski definition) is 6. The van der Waals surface area contributed by atoms with Gasteiger partial charge in [0.1, 0.15) is 19.3 Å². The Bertz CT molecular complexity index is 843. The summed E-state index contributed by atoms with van der Waals surface area (Å²) in [4.78, 5) is 23.9. The lowest BCUT2D eigenvalue weighted by atomic mass is 10.0. The minimum absolute atomic E-state index is 0.142. The van der Waals surface area contributed by atoms with E-state index in [0.29, 0.717) is 19.3 Å². The lowest BCUT2D eigenvalue weighted by Gasteiger charge is -2.12. The first-order valence-electron chi connectivity index (χ1n) is 19.6. The molecule has 48 heavy (non-hydrogen) atoms. The van der Waals surface area contributed by atoms with Crippen LogP contribution in [0.4, 0.5) is 0 Å². The Labute approximate surface area is 295 Å². The Morgan fingerprint density at radius 3 is 1.42 bits per heavy atom. The van der Waals surface area contributed by atoms with Crippen LogP contribution in [0.15, 0.2) is 48.6 Å². The van der Waals surface area contributed by atoms with Crippen LogP contribution in [0.2, 0.25) is 0 Å². The first-order chi connectivity index (χ1) is 23.3. The fraction of sp³-hybridized carbons (Fsp3) is 0.762. The highest BCUT2D eigenvalue weighted by Gasteiger charge is 2.12. The number of allylic oxidation sites excluding steroid dienone is 7. The number of carbonyl (C=O) groups is 2. The van der Waals surface area contributed by atoms with Gasteiger partial charge in [0.15, 0.2) is 0 Å². The highest BCUT2D eigenvalue weighted by atomic mass is 16.6. The van der Waals surface area contributed by atoms with Gasteiger partial charge in [-0.15, -0.1) is 0 Å². The van der Waals surface area contributed by atoms with Crippen LogP contribution in [0.25, 0.3) is 0 Å². The van der Waals surface area contributed by atoms with E-state index in [4.69, 9.17) is 9.47 Å². The SMILES string of the molecule is CCCC(O)C/C=C\C/C=C\C/C=C\C/C=C\CCCC(=O)OC[C@@H](O)COC(=O)CCCCCCCCCCCCCCCC(C)C. The van der Waals surface area contributed by atoms with Gasteiger partial charge in [-0.3, -0.25) is 9.59 Å². The van der Waals surface area contributed by atoms with E-state index in [-0.39, 0.29) is 31.3 Å². The molecule has 0 radical (unpaired) electrons. The van der Waals surface area contributed by atoms with Gasteiger partial charge in [0.2, 0.25) is 0 Å². The summed E-state index contributed by atoms with van der Waals surface area (Å²) in [5.74, 6) is 0.193. The van der Waals surface area contributed by atoms with E-state index >= 15 is 0 Å². The van der Waals surface area contributed by atoms with E-state index in [1.54, 1.807) is 0 Å². The molecule has 0 aliphatic heterocycles. The van der Waals surface area contributed by atoms with Crippen molar-refractivity contribution in [3.63, 3.8) is 0 Å². The Hall–Kier alpha value is -2.18. The maximum absolute atomic E-state index is 12.0. The number of hydrogen-bond donors (Lipinski definition) is 2. The van der Waals surface area contributed by atoms with Gasteiger partial charge in [-0.05, 0) is 57.3 Å². The monoisotopic (exact) mass is 675 g/mol. The summed E-state index contributed by atoms with van der Waals surface area (Å²) in [7, 11) is 0. The lowest BCUT2D eigenvalue weighted by molar-refractivity contribution is -0.152. The summed E-state index contributed by atoms with van der Waals surface area (Å²) in [6.07, 6.45) is 40.9. The van der Waals surface area contributed by atoms with Gasteiger partial charge in [0.05, 0.1) is 6.10 Å². The summed E-state index contributed by atoms with van der Waals surface area (Å²) in [5, 5.41) is 19.7. The molecule has 0 aliphatic carbocycles. The lowest BCUT2D eigenvalue weighted by Crippen LogP contribution is -2.25. The van der Waals surface area contributed by atoms with Crippen molar-refractivity contribution in [1.82, 2.24) is 0 Å². The van der Waals surface area contributed by atoms with Crippen LogP contribution < -0.4 is 0 Å². The topological polar surface area (TPSA) is 93.1 Å². The first-order valence-corrected chi connectivity index (χ1v) is 19.6. The van der Waals surface area contributed by atoms with Gasteiger partial charge in [0.25, 0.3) is 0 Å². The van der Waals surface area contributed by atoms with Crippen LogP contribution in [-0.2, 0) is 19.1 Å². The van der Waals surface area contributed by atoms with Crippen molar-refractivity contribution in [2.24, 2.45) is 5.92 Å². The smallest absolute Gasteiger partial charge is 0.305 e. The van der Waals surface area contributed by atoms with Crippen LogP contribution in [0.3, 0.4) is 0 Å². The van der Waals surface area contributed by atoms with Crippen molar-refractivity contribution in [3.05, 3.63) is 48.6 Å². The molecule has 0 aromatic carbocycles. The molecule has 0 fully saturated rings. The molecule has 278 valence electrons. The fourth-order valence-electron chi connectivity index (χ4n) is 5.34. The summed E-state index contributed by atoms with van der Waals surface area (Å²) < 4.78 is 10.3. The molecule has 0 saturated carbocycles. The molecule has 0 amide bonds. The van der Waals surface area contributed by atoms with E-state index in [1.165, 1.54) is 70.6 Å². The van der Waals surface area contributed by atoms with Crippen LogP contribution >= 0.6 is 0 Å². The molecule has 6 heteroatoms. The Morgan fingerprint density at radius 2 is 0.938 bits per heavy atom. The maximum atomic E-state index is 12.0. The minimum atomic E-state index is -0.995. The van der Waals surface area contributed by atoms with E-state index < -0.39 is 6.10 Å². The Kier molecular flexibility index (Phi) is 34.5. The maximum Gasteiger partial charge on any atom is 0.305 e. The number of ether oxygens (including phenoxy) is 2. The van der Waals surface area contributed by atoms with Crippen molar-refractivity contribution in [3.8, 4) is 0 Å². The van der Waals surface area contributed by atoms with Crippen LogP contribution in [0.5, 0.6) is 0 Å². The quantitative estimate of drug-likeness (QED) is 0.0401. The normalized spacial score (nSPS) is 13.5. The van der Waals surface area contributed by atoms with Gasteiger partial charge >= 0.3 is 11.9 Å². The van der Waals surface area contributed by atoms with Gasteiger partial charge in [-0.25, -0.2) is 0 Å². The zero-order valence-electron chi connectivity index (χ0n) is 31.3. The number of esters is 2. The molecule has 0 aromatic rings. The first kappa shape index (κ1) is 45.8. The van der Waals surface area contributed by atoms with Crippen molar-refractivity contribution >= 4 is 11.9 Å². The van der Waals surface area contributed by atoms with Crippen molar-refractivity contribution in [2.45, 2.75) is 187 Å². The zero-order chi connectivity index (χ0) is 35.3. The summed E-state index contributed by atoms with van der Waals surface area (Å²) in [6.45, 7) is 6.40. The number of aliphatic hydroxyl groups excluding tert-OH is 2. The van der Waals surface area contributed by atoms with Gasteiger partial charge in [0, 0.05) is 12.8 Å². The molecule has 0 heterocycles. The van der Waals surface area contributed by atoms with Crippen molar-refractivity contribution in [1.29, 1.82) is 0 Å². The highest BCUT2D eigenvalue weighted by Crippen LogP contribution is 2.15. The summed E-state index contributed by atoms with van der Waals surface area (Å²) >= 11 is 0. The minimum Gasteiger partial charge on any atom is -0.463 e. The molecule has 2 N–H and O–H groups in total. The third-order valence-electron chi connectivity index (χ3n) is 8.30. The highest BCUT2D eigenvalue weighted by molar-refractivity contribution is 5.69. The fourth-order valence-corrected chi connectivity index (χ4v) is 5.34. The van der Waals surface area contributed by atoms with Crippen molar-refractivity contribution < 1.29 is 29.3 Å². The van der Waals surface area contributed by atoms with E-state index in [9.17, 15) is 19.8 Å². The average Bonchev–Trinajstić information content (AvgIpc) is 3.06. The van der Waals surface area contributed by atoms with E-state index in [2.05, 4.69) is 69.4 Å². The Balaban J connectivity index is 3.55. The molecular formula is C42H74O6. The zero-order valence-corrected chi connectivity index (χ0v) is 31.3. The average molecular weight is 675 g/mol. The molecule has 2 atom stereocenters. The summed E-state index contributed by atoms with van der Waals surface area (Å²) in [5.41, 5.74) is 0. The molecule has 0 aromatic heterocycles. The van der Waals surface area contributed by atoms with E-state index in [0.717, 1.165) is 70.1 Å². The standard InChI is InChI=1S/C42H74O6/c1-4-31-39(43)33-28-24-20-16-12-8-6-10-14-18-22-26-30-35-42(46)48-37-40(44)36-47-41(45)34-29-25-21-17-13-9-5-7-11-15-19-23-27-32-38(2)3/h6,10,12,16,18,22,24,28,38-40,43-44H,4-5,7-9,11,13-15,17,19-21,23,25-27,29-37H2,1-3H3/b10-6-,16-12-,22-18-,28-24-/t39?,40-/m0/s1. The van der Waals surface area contributed by atoms with Gasteiger partial charge < -0.3 is 19.7 Å². The molecule has 0 aliphatic rings. The molecule has 0 rings (SSSR count). The van der Waals surface area contributed by atoms with E-state index in [1.807, 2.05) is 0 Å². The predicted molar refractivity (Wildman–Crippen MR) is 202 cm³/mol. The van der Waals surface area contributed by atoms with Gasteiger partial charge in [-0.1, -0.05) is 159 Å². The second-order valence-electron chi connectivity index (χ2n) is 13.7. The molecule has 6 nitrogen and oxygen atoms in total. The van der Waals surface area contributed by atoms with Crippen molar-refractivity contribution in [2.75, 3.05) is 13.2 Å². The summed E-state index contributed by atoms with van der Waals surface area (Å²) in [6, 6.07) is 0. The number of rotatable bonds is 34. The second kappa shape index (κ2) is 36.1. The molecule has 0 spiro atoms. The molecule has 0 saturated heterocycles. The van der Waals surface area contributed by atoms with Crippen LogP contribution in [0, 0.1) is 5.92 Å². The number of unbranched alkanes of at least 4 members (excludes halogenated alkanes) is 13. The predicted octanol–water partition coefficient (Wildman–Crippen LogP) is 11.1. The largest absolute Gasteiger partial charge is 0.463 e. The van der Waals surface area contributed by atoms with Crippen LogP contribution in [-0.4, -0.2) is 47.6 Å². The third kappa shape index (κ3) is 36.7. The number of aliphatic hydroxyl groups is 2. The second-order valence-corrected chi connectivity index (χ2v) is 13.7. The molecule has 0 bridgehead atoms. The Morgan fingerprint density at radius 1 is 0.521 bits per heavy atom. The number of carbonyl (C=O) groups excluding carboxylic acids is 2. The molecular weight excluding hydrogens is 600 g/mol.